The number of rotatable bonds is 2. The molecule has 2 nitrogen and oxygen atoms in total. The smallest absolute Gasteiger partial charge is 0.0963 e. The standard InChI is InChI=1S/C13H20O2/c1-10(2)11-3-6-13(14,7-4-11)12-5-8-15-9-12/h5,8-11,14H,3-4,6-7H2,1-2H3. The van der Waals surface area contributed by atoms with Gasteiger partial charge >= 0.3 is 0 Å². The SMILES string of the molecule is CC(C)C1CCC(O)(c2ccoc2)CC1. The molecule has 2 heteroatoms. The molecule has 0 saturated heterocycles. The van der Waals surface area contributed by atoms with Crippen LogP contribution in [0.2, 0.25) is 0 Å². The molecule has 0 amide bonds. The summed E-state index contributed by atoms with van der Waals surface area (Å²) in [5.74, 6) is 1.51. The van der Waals surface area contributed by atoms with Crippen molar-refractivity contribution in [2.24, 2.45) is 11.8 Å². The topological polar surface area (TPSA) is 33.4 Å². The largest absolute Gasteiger partial charge is 0.472 e. The molecule has 0 radical (unpaired) electrons. The summed E-state index contributed by atoms with van der Waals surface area (Å²) in [5.41, 5.74) is 0.322. The van der Waals surface area contributed by atoms with Gasteiger partial charge in [-0.3, -0.25) is 0 Å². The van der Waals surface area contributed by atoms with Crippen molar-refractivity contribution in [2.75, 3.05) is 0 Å². The van der Waals surface area contributed by atoms with Gasteiger partial charge in [0, 0.05) is 5.56 Å². The Labute approximate surface area is 91.3 Å². The maximum absolute atomic E-state index is 10.5. The molecule has 0 aliphatic heterocycles. The molecular formula is C13H20O2. The van der Waals surface area contributed by atoms with Crippen LogP contribution in [0, 0.1) is 11.8 Å². The molecule has 0 atom stereocenters. The zero-order chi connectivity index (χ0) is 10.9. The normalized spacial score (nSPS) is 32.1. The Morgan fingerprint density at radius 2 is 2.07 bits per heavy atom. The van der Waals surface area contributed by atoms with E-state index in [0.29, 0.717) is 0 Å². The molecule has 1 saturated carbocycles. The summed E-state index contributed by atoms with van der Waals surface area (Å²) in [6.07, 6.45) is 7.31. The molecule has 1 aromatic heterocycles. The van der Waals surface area contributed by atoms with Gasteiger partial charge in [0.05, 0.1) is 18.1 Å². The first kappa shape index (κ1) is 10.7. The lowest BCUT2D eigenvalue weighted by Gasteiger charge is -2.36. The van der Waals surface area contributed by atoms with Crippen LogP contribution in [0.15, 0.2) is 23.0 Å². The quantitative estimate of drug-likeness (QED) is 0.808. The molecule has 15 heavy (non-hydrogen) atoms. The van der Waals surface area contributed by atoms with E-state index in [2.05, 4.69) is 13.8 Å². The van der Waals surface area contributed by atoms with Crippen molar-refractivity contribution in [3.63, 3.8) is 0 Å². The first-order valence-electron chi connectivity index (χ1n) is 5.87. The predicted octanol–water partition coefficient (Wildman–Crippen LogP) is 3.31. The molecule has 0 bridgehead atoms. The van der Waals surface area contributed by atoms with Crippen LogP contribution in [0.25, 0.3) is 0 Å². The fourth-order valence-electron chi connectivity index (χ4n) is 2.60. The second kappa shape index (κ2) is 4.01. The van der Waals surface area contributed by atoms with Gasteiger partial charge in [-0.1, -0.05) is 13.8 Å². The number of hydrogen-bond donors (Lipinski definition) is 1. The van der Waals surface area contributed by atoms with Crippen LogP contribution in [0.1, 0.15) is 45.1 Å². The van der Waals surface area contributed by atoms with E-state index in [9.17, 15) is 5.11 Å². The van der Waals surface area contributed by atoms with Gasteiger partial charge < -0.3 is 9.52 Å². The molecule has 1 fully saturated rings. The third-order valence-corrected chi connectivity index (χ3v) is 3.86. The average molecular weight is 208 g/mol. The molecule has 0 aromatic carbocycles. The predicted molar refractivity (Wildman–Crippen MR) is 59.4 cm³/mol. The summed E-state index contributed by atoms with van der Waals surface area (Å²) in [4.78, 5) is 0. The summed E-state index contributed by atoms with van der Waals surface area (Å²) in [5, 5.41) is 10.5. The van der Waals surface area contributed by atoms with Gasteiger partial charge in [-0.15, -0.1) is 0 Å². The van der Waals surface area contributed by atoms with E-state index in [1.807, 2.05) is 6.07 Å². The van der Waals surface area contributed by atoms with Crippen LogP contribution in [0.5, 0.6) is 0 Å². The minimum Gasteiger partial charge on any atom is -0.472 e. The Morgan fingerprint density at radius 1 is 1.40 bits per heavy atom. The van der Waals surface area contributed by atoms with Gasteiger partial charge in [-0.05, 0) is 43.6 Å². The van der Waals surface area contributed by atoms with Crippen LogP contribution >= 0.6 is 0 Å². The molecule has 0 unspecified atom stereocenters. The van der Waals surface area contributed by atoms with Crippen molar-refractivity contribution in [3.05, 3.63) is 24.2 Å². The summed E-state index contributed by atoms with van der Waals surface area (Å²) < 4.78 is 5.05. The van der Waals surface area contributed by atoms with Crippen molar-refractivity contribution < 1.29 is 9.52 Å². The third-order valence-electron chi connectivity index (χ3n) is 3.86. The Morgan fingerprint density at radius 3 is 2.53 bits per heavy atom. The lowest BCUT2D eigenvalue weighted by Crippen LogP contribution is -2.32. The van der Waals surface area contributed by atoms with E-state index in [-0.39, 0.29) is 0 Å². The molecule has 2 rings (SSSR count). The van der Waals surface area contributed by atoms with E-state index >= 15 is 0 Å². The maximum Gasteiger partial charge on any atom is 0.0963 e. The molecule has 1 aliphatic carbocycles. The van der Waals surface area contributed by atoms with Crippen LogP contribution in [0.3, 0.4) is 0 Å². The van der Waals surface area contributed by atoms with Crippen LogP contribution in [-0.4, -0.2) is 5.11 Å². The van der Waals surface area contributed by atoms with Crippen molar-refractivity contribution in [3.8, 4) is 0 Å². The average Bonchev–Trinajstić information content (AvgIpc) is 2.71. The molecule has 1 heterocycles. The highest BCUT2D eigenvalue weighted by atomic mass is 16.3. The Hall–Kier alpha value is -0.760. The molecule has 1 aromatic rings. The minimum absolute atomic E-state index is 0.627. The highest BCUT2D eigenvalue weighted by Crippen LogP contribution is 2.41. The molecule has 1 N–H and O–H groups in total. The van der Waals surface area contributed by atoms with Gasteiger partial charge in [0.2, 0.25) is 0 Å². The van der Waals surface area contributed by atoms with Crippen LogP contribution in [-0.2, 0) is 5.60 Å². The first-order valence-corrected chi connectivity index (χ1v) is 5.87. The number of aliphatic hydroxyl groups is 1. The van der Waals surface area contributed by atoms with Crippen molar-refractivity contribution >= 4 is 0 Å². The van der Waals surface area contributed by atoms with Gasteiger partial charge in [-0.25, -0.2) is 0 Å². The Bertz CT molecular complexity index is 292. The summed E-state index contributed by atoms with van der Waals surface area (Å²) in [6.45, 7) is 4.54. The van der Waals surface area contributed by atoms with Crippen molar-refractivity contribution in [2.45, 2.75) is 45.1 Å². The van der Waals surface area contributed by atoms with E-state index in [0.717, 1.165) is 43.1 Å². The molecule has 0 spiro atoms. The highest BCUT2D eigenvalue weighted by Gasteiger charge is 2.36. The summed E-state index contributed by atoms with van der Waals surface area (Å²) in [7, 11) is 0. The second-order valence-corrected chi connectivity index (χ2v) is 5.13. The van der Waals surface area contributed by atoms with E-state index < -0.39 is 5.60 Å². The second-order valence-electron chi connectivity index (χ2n) is 5.13. The van der Waals surface area contributed by atoms with E-state index in [1.54, 1.807) is 12.5 Å². The van der Waals surface area contributed by atoms with E-state index in [4.69, 9.17) is 4.42 Å². The lowest BCUT2D eigenvalue weighted by atomic mass is 9.72. The fourth-order valence-corrected chi connectivity index (χ4v) is 2.60. The molecule has 84 valence electrons. The van der Waals surface area contributed by atoms with Crippen molar-refractivity contribution in [1.82, 2.24) is 0 Å². The molecule has 1 aliphatic rings. The van der Waals surface area contributed by atoms with Gasteiger partial charge in [0.15, 0.2) is 0 Å². The Balaban J connectivity index is 2.03. The maximum atomic E-state index is 10.5. The lowest BCUT2D eigenvalue weighted by molar-refractivity contribution is -0.0203. The van der Waals surface area contributed by atoms with Gasteiger partial charge in [0.25, 0.3) is 0 Å². The van der Waals surface area contributed by atoms with Crippen molar-refractivity contribution in [1.29, 1.82) is 0 Å². The first-order chi connectivity index (χ1) is 7.12. The van der Waals surface area contributed by atoms with Gasteiger partial charge in [0.1, 0.15) is 0 Å². The minimum atomic E-state index is -0.627. The Kier molecular flexibility index (Phi) is 2.87. The monoisotopic (exact) mass is 208 g/mol. The number of hydrogen-bond acceptors (Lipinski definition) is 2. The summed E-state index contributed by atoms with van der Waals surface area (Å²) in [6, 6.07) is 1.88. The summed E-state index contributed by atoms with van der Waals surface area (Å²) >= 11 is 0. The van der Waals surface area contributed by atoms with Crippen LogP contribution < -0.4 is 0 Å². The zero-order valence-electron chi connectivity index (χ0n) is 9.57. The van der Waals surface area contributed by atoms with E-state index in [1.165, 1.54) is 0 Å². The molecular weight excluding hydrogens is 188 g/mol. The third kappa shape index (κ3) is 2.10. The van der Waals surface area contributed by atoms with Crippen LogP contribution in [0.4, 0.5) is 0 Å². The zero-order valence-corrected chi connectivity index (χ0v) is 9.57. The van der Waals surface area contributed by atoms with Gasteiger partial charge in [-0.2, -0.15) is 0 Å². The number of furan rings is 1. The fraction of sp³-hybridized carbons (Fsp3) is 0.692. The highest BCUT2D eigenvalue weighted by molar-refractivity contribution is 5.17.